The van der Waals surface area contributed by atoms with Gasteiger partial charge in [0.1, 0.15) is 24.4 Å². The van der Waals surface area contributed by atoms with E-state index in [1.165, 1.54) is 63.3 Å². The van der Waals surface area contributed by atoms with Gasteiger partial charge in [-0.05, 0) is 32.1 Å². The quantitative estimate of drug-likeness (QED) is 0.133. The molecule has 7 nitrogen and oxygen atoms in total. The van der Waals surface area contributed by atoms with E-state index in [4.69, 9.17) is 5.11 Å². The molecular weight excluding hydrogens is 410 g/mol. The van der Waals surface area contributed by atoms with Gasteiger partial charge in [-0.2, -0.15) is 0 Å². The zero-order chi connectivity index (χ0) is 24.2. The van der Waals surface area contributed by atoms with Crippen LogP contribution in [0.15, 0.2) is 12.2 Å². The summed E-state index contributed by atoms with van der Waals surface area (Å²) in [5.41, 5.74) is 0. The first-order chi connectivity index (χ1) is 15.3. The number of aliphatic hydroxyl groups is 5. The van der Waals surface area contributed by atoms with E-state index in [-0.39, 0.29) is 12.5 Å². The molecule has 0 rings (SSSR count). The largest absolute Gasteiger partial charge is 0.394 e. The van der Waals surface area contributed by atoms with Gasteiger partial charge in [0.15, 0.2) is 0 Å². The average Bonchev–Trinajstić information content (AvgIpc) is 2.79. The predicted octanol–water partition coefficient (Wildman–Crippen LogP) is 2.92. The number of nitrogens with zero attached hydrogens (tertiary/aromatic N) is 1. The topological polar surface area (TPSA) is 121 Å². The Hall–Kier alpha value is -0.990. The van der Waals surface area contributed by atoms with Gasteiger partial charge in [0, 0.05) is 20.0 Å². The molecule has 5 N–H and O–H groups in total. The maximum absolute atomic E-state index is 12.2. The van der Waals surface area contributed by atoms with Crippen molar-refractivity contribution in [2.24, 2.45) is 0 Å². The molecule has 0 aliphatic heterocycles. The minimum atomic E-state index is -1.68. The summed E-state index contributed by atoms with van der Waals surface area (Å²) in [5, 5.41) is 47.5. The number of unbranched alkanes of at least 4 members (excludes halogenated alkanes) is 11. The molecule has 0 bridgehead atoms. The van der Waals surface area contributed by atoms with E-state index in [2.05, 4.69) is 19.1 Å². The maximum atomic E-state index is 12.2. The number of aliphatic hydroxyl groups excluding tert-OH is 5. The SMILES string of the molecule is CCCCCCCCC=CCCCCCCCC(=O)N(C)C[C@H](O)[C@@H](O)[C@H](O)[C@H](O)CO. The first-order valence-electron chi connectivity index (χ1n) is 12.6. The Balaban J connectivity index is 3.71. The highest BCUT2D eigenvalue weighted by Gasteiger charge is 2.31. The monoisotopic (exact) mass is 459 g/mol. The Morgan fingerprint density at radius 3 is 1.75 bits per heavy atom. The summed E-state index contributed by atoms with van der Waals surface area (Å²) in [6.07, 6.45) is 14.2. The van der Waals surface area contributed by atoms with Crippen LogP contribution in [0.25, 0.3) is 0 Å². The van der Waals surface area contributed by atoms with Crippen molar-refractivity contribution >= 4 is 5.91 Å². The van der Waals surface area contributed by atoms with Gasteiger partial charge in [-0.25, -0.2) is 0 Å². The lowest BCUT2D eigenvalue weighted by atomic mass is 10.0. The number of likely N-dealkylation sites (N-methyl/N-ethyl adjacent to an activating group) is 1. The van der Waals surface area contributed by atoms with Crippen molar-refractivity contribution in [3.05, 3.63) is 12.2 Å². The second-order valence-corrected chi connectivity index (χ2v) is 8.91. The van der Waals surface area contributed by atoms with Crippen molar-refractivity contribution < 1.29 is 30.3 Å². The van der Waals surface area contributed by atoms with Crippen LogP contribution in [-0.2, 0) is 4.79 Å². The van der Waals surface area contributed by atoms with Crippen LogP contribution >= 0.6 is 0 Å². The molecule has 0 aromatic rings. The molecule has 0 unspecified atom stereocenters. The molecule has 0 fully saturated rings. The molecule has 0 aliphatic rings. The molecule has 4 atom stereocenters. The molecule has 0 saturated carbocycles. The third kappa shape index (κ3) is 15.8. The highest BCUT2D eigenvalue weighted by molar-refractivity contribution is 5.75. The highest BCUT2D eigenvalue weighted by Crippen LogP contribution is 2.11. The molecule has 0 spiro atoms. The zero-order valence-corrected chi connectivity index (χ0v) is 20.4. The third-order valence-corrected chi connectivity index (χ3v) is 5.86. The fraction of sp³-hybridized carbons (Fsp3) is 0.880. The van der Waals surface area contributed by atoms with Crippen molar-refractivity contribution in [3.63, 3.8) is 0 Å². The molecule has 7 heteroatoms. The Morgan fingerprint density at radius 1 is 0.750 bits per heavy atom. The molecule has 0 aromatic heterocycles. The van der Waals surface area contributed by atoms with Crippen LogP contribution in [0.5, 0.6) is 0 Å². The van der Waals surface area contributed by atoms with E-state index in [0.717, 1.165) is 32.1 Å². The lowest BCUT2D eigenvalue weighted by Crippen LogP contribution is -2.49. The Kier molecular flexibility index (Phi) is 20.0. The minimum absolute atomic E-state index is 0.133. The highest BCUT2D eigenvalue weighted by atomic mass is 16.4. The van der Waals surface area contributed by atoms with E-state index in [0.29, 0.717) is 6.42 Å². The lowest BCUT2D eigenvalue weighted by Gasteiger charge is -2.28. The molecule has 0 aromatic carbocycles. The maximum Gasteiger partial charge on any atom is 0.222 e. The summed E-state index contributed by atoms with van der Waals surface area (Å²) in [6.45, 7) is 1.36. The number of amides is 1. The van der Waals surface area contributed by atoms with Crippen LogP contribution in [0.4, 0.5) is 0 Å². The molecule has 32 heavy (non-hydrogen) atoms. The van der Waals surface area contributed by atoms with Gasteiger partial charge in [-0.1, -0.05) is 70.4 Å². The van der Waals surface area contributed by atoms with Crippen LogP contribution in [-0.4, -0.2) is 81.0 Å². The van der Waals surface area contributed by atoms with Crippen LogP contribution in [0.3, 0.4) is 0 Å². The molecule has 1 amide bonds. The zero-order valence-electron chi connectivity index (χ0n) is 20.4. The smallest absolute Gasteiger partial charge is 0.222 e. The fourth-order valence-electron chi connectivity index (χ4n) is 3.59. The van der Waals surface area contributed by atoms with Gasteiger partial charge in [-0.15, -0.1) is 0 Å². The summed E-state index contributed by atoms with van der Waals surface area (Å²) in [5.74, 6) is -0.133. The summed E-state index contributed by atoms with van der Waals surface area (Å²) in [7, 11) is 1.53. The number of hydrogen-bond donors (Lipinski definition) is 5. The first-order valence-corrected chi connectivity index (χ1v) is 12.6. The number of hydrogen-bond acceptors (Lipinski definition) is 6. The Morgan fingerprint density at radius 2 is 1.22 bits per heavy atom. The van der Waals surface area contributed by atoms with Gasteiger partial charge in [0.25, 0.3) is 0 Å². The van der Waals surface area contributed by atoms with Crippen LogP contribution in [0, 0.1) is 0 Å². The van der Waals surface area contributed by atoms with Crippen molar-refractivity contribution in [2.75, 3.05) is 20.2 Å². The molecular formula is C25H49NO6. The van der Waals surface area contributed by atoms with E-state index < -0.39 is 31.0 Å². The predicted molar refractivity (Wildman–Crippen MR) is 128 cm³/mol. The van der Waals surface area contributed by atoms with Gasteiger partial charge in [-0.3, -0.25) is 4.79 Å². The fourth-order valence-corrected chi connectivity index (χ4v) is 3.59. The molecule has 0 radical (unpaired) electrons. The van der Waals surface area contributed by atoms with Crippen molar-refractivity contribution in [1.82, 2.24) is 4.90 Å². The number of carbonyl (C=O) groups is 1. The van der Waals surface area contributed by atoms with Crippen LogP contribution in [0.1, 0.15) is 96.8 Å². The molecule has 0 heterocycles. The lowest BCUT2D eigenvalue weighted by molar-refractivity contribution is -0.138. The summed E-state index contributed by atoms with van der Waals surface area (Å²) in [6, 6.07) is 0. The van der Waals surface area contributed by atoms with E-state index in [1.807, 2.05) is 0 Å². The van der Waals surface area contributed by atoms with Gasteiger partial charge in [0.05, 0.1) is 6.61 Å². The molecule has 0 saturated heterocycles. The van der Waals surface area contributed by atoms with E-state index in [1.54, 1.807) is 0 Å². The Labute approximate surface area is 195 Å². The second-order valence-electron chi connectivity index (χ2n) is 8.91. The number of rotatable bonds is 21. The van der Waals surface area contributed by atoms with Crippen molar-refractivity contribution in [1.29, 1.82) is 0 Å². The van der Waals surface area contributed by atoms with Crippen molar-refractivity contribution in [2.45, 2.75) is 121 Å². The third-order valence-electron chi connectivity index (χ3n) is 5.86. The van der Waals surface area contributed by atoms with Gasteiger partial charge < -0.3 is 30.4 Å². The standard InChI is InChI=1S/C25H49NO6/c1-3-4-5-6-7-8-9-10-11-12-13-14-15-16-17-18-23(30)26(2)19-21(28)24(31)25(32)22(29)20-27/h10-11,21-22,24-25,27-29,31-32H,3-9,12-20H2,1-2H3/t21-,22+,24+,25+/m0/s1. The normalized spacial score (nSPS) is 15.6. The molecule has 190 valence electrons. The summed E-state index contributed by atoms with van der Waals surface area (Å²) in [4.78, 5) is 13.5. The first kappa shape index (κ1) is 31.0. The number of carbonyl (C=O) groups excluding carboxylic acids is 1. The molecule has 0 aliphatic carbocycles. The van der Waals surface area contributed by atoms with Gasteiger partial charge >= 0.3 is 0 Å². The van der Waals surface area contributed by atoms with E-state index >= 15 is 0 Å². The summed E-state index contributed by atoms with van der Waals surface area (Å²) < 4.78 is 0. The minimum Gasteiger partial charge on any atom is -0.394 e. The number of allylic oxidation sites excluding steroid dienone is 2. The van der Waals surface area contributed by atoms with Crippen LogP contribution in [0.2, 0.25) is 0 Å². The van der Waals surface area contributed by atoms with Gasteiger partial charge in [0.2, 0.25) is 5.91 Å². The average molecular weight is 460 g/mol. The van der Waals surface area contributed by atoms with E-state index in [9.17, 15) is 25.2 Å². The van der Waals surface area contributed by atoms with Crippen LogP contribution < -0.4 is 0 Å². The Bertz CT molecular complexity index is 473. The second kappa shape index (κ2) is 20.6. The van der Waals surface area contributed by atoms with Crippen molar-refractivity contribution in [3.8, 4) is 0 Å². The summed E-state index contributed by atoms with van der Waals surface area (Å²) >= 11 is 0.